The summed E-state index contributed by atoms with van der Waals surface area (Å²) in [4.78, 5) is 36.3. The van der Waals surface area contributed by atoms with Gasteiger partial charge in [-0.3, -0.25) is 14.6 Å². The molecule has 28 heavy (non-hydrogen) atoms. The molecule has 0 saturated carbocycles. The summed E-state index contributed by atoms with van der Waals surface area (Å²) in [5, 5.41) is 0. The van der Waals surface area contributed by atoms with Crippen LogP contribution in [-0.2, 0) is 6.42 Å². The zero-order valence-corrected chi connectivity index (χ0v) is 15.7. The zero-order valence-electron chi connectivity index (χ0n) is 15.7. The normalized spacial score (nSPS) is 14.3. The van der Waals surface area contributed by atoms with Gasteiger partial charge in [-0.05, 0) is 24.6 Å². The van der Waals surface area contributed by atoms with Crippen molar-refractivity contribution in [2.75, 3.05) is 31.1 Å². The van der Waals surface area contributed by atoms with Gasteiger partial charge in [0, 0.05) is 38.2 Å². The minimum atomic E-state index is -0.111. The van der Waals surface area contributed by atoms with E-state index in [1.165, 1.54) is 6.26 Å². The lowest BCUT2D eigenvalue weighted by Crippen LogP contribution is -2.49. The van der Waals surface area contributed by atoms with Gasteiger partial charge in [-0.1, -0.05) is 30.3 Å². The van der Waals surface area contributed by atoms with Crippen molar-refractivity contribution in [2.24, 2.45) is 0 Å². The van der Waals surface area contributed by atoms with Crippen LogP contribution in [0.25, 0.3) is 0 Å². The Kier molecular flexibility index (Phi) is 4.97. The first-order chi connectivity index (χ1) is 13.6. The molecular weight excluding hydrogens is 356 g/mol. The van der Waals surface area contributed by atoms with Gasteiger partial charge in [0.15, 0.2) is 5.76 Å². The predicted molar refractivity (Wildman–Crippen MR) is 106 cm³/mol. The molecule has 2 aromatic heterocycles. The van der Waals surface area contributed by atoms with Crippen LogP contribution in [0.3, 0.4) is 0 Å². The molecule has 0 atom stereocenters. The summed E-state index contributed by atoms with van der Waals surface area (Å²) >= 11 is 0. The first-order valence-electron chi connectivity index (χ1n) is 9.33. The first-order valence-corrected chi connectivity index (χ1v) is 9.33. The third kappa shape index (κ3) is 3.69. The Morgan fingerprint density at radius 2 is 1.86 bits per heavy atom. The molecule has 1 aliphatic rings. The van der Waals surface area contributed by atoms with Crippen LogP contribution >= 0.6 is 0 Å². The van der Waals surface area contributed by atoms with Gasteiger partial charge < -0.3 is 14.2 Å². The molecule has 144 valence electrons. The van der Waals surface area contributed by atoms with E-state index < -0.39 is 0 Å². The second-order valence-electron chi connectivity index (χ2n) is 6.87. The largest absolute Gasteiger partial charge is 0.459 e. The number of furan rings is 1. The molecule has 7 heteroatoms. The Morgan fingerprint density at radius 1 is 1.11 bits per heavy atom. The lowest BCUT2D eigenvalue weighted by molar-refractivity contribution is 0.0714. The third-order valence-electron chi connectivity index (χ3n) is 5.03. The number of nitrogens with one attached hydrogen (secondary N) is 1. The van der Waals surface area contributed by atoms with Crippen molar-refractivity contribution in [2.45, 2.75) is 13.3 Å². The molecule has 4 rings (SSSR count). The number of carbonyl (C=O) groups excluding carboxylic acids is 1. The maximum Gasteiger partial charge on any atom is 0.289 e. The summed E-state index contributed by atoms with van der Waals surface area (Å²) in [7, 11) is 0. The average Bonchev–Trinajstić information content (AvgIpc) is 3.26. The fraction of sp³-hybridized carbons (Fsp3) is 0.286. The Bertz CT molecular complexity index is 1000. The van der Waals surface area contributed by atoms with Crippen LogP contribution in [0.15, 0.2) is 57.9 Å². The van der Waals surface area contributed by atoms with Gasteiger partial charge >= 0.3 is 0 Å². The number of aromatic amines is 1. The highest BCUT2D eigenvalue weighted by atomic mass is 16.3. The zero-order chi connectivity index (χ0) is 19.5. The number of nitrogens with zero attached hydrogens (tertiary/aromatic N) is 3. The van der Waals surface area contributed by atoms with Gasteiger partial charge in [0.2, 0.25) is 5.95 Å². The molecule has 0 radical (unpaired) electrons. The highest BCUT2D eigenvalue weighted by Gasteiger charge is 2.25. The summed E-state index contributed by atoms with van der Waals surface area (Å²) in [5.41, 5.74) is 2.38. The number of H-pyrrole nitrogens is 1. The van der Waals surface area contributed by atoms with Gasteiger partial charge in [0.1, 0.15) is 0 Å². The number of hydrogen-bond acceptors (Lipinski definition) is 5. The maximum atomic E-state index is 12.6. The fourth-order valence-corrected chi connectivity index (χ4v) is 3.43. The quantitative estimate of drug-likeness (QED) is 0.753. The Balaban J connectivity index is 1.46. The van der Waals surface area contributed by atoms with E-state index in [1.54, 1.807) is 17.0 Å². The predicted octanol–water partition coefficient (Wildman–Crippen LogP) is 2.22. The number of amides is 1. The molecule has 3 heterocycles. The standard InChI is InChI=1S/C21H22N4O3/c1-15-17(14-16-6-3-2-4-7-16)19(26)23-21(22-15)25-11-9-24(10-12-25)20(27)18-8-5-13-28-18/h2-8,13H,9-12,14H2,1H3,(H,22,23,26). The van der Waals surface area contributed by atoms with E-state index in [4.69, 9.17) is 4.42 Å². The molecule has 0 aliphatic carbocycles. The van der Waals surface area contributed by atoms with Crippen molar-refractivity contribution in [3.8, 4) is 0 Å². The Morgan fingerprint density at radius 3 is 2.50 bits per heavy atom. The molecule has 1 aliphatic heterocycles. The fourth-order valence-electron chi connectivity index (χ4n) is 3.43. The average molecular weight is 378 g/mol. The minimum absolute atomic E-state index is 0.111. The van der Waals surface area contributed by atoms with E-state index in [9.17, 15) is 9.59 Å². The summed E-state index contributed by atoms with van der Waals surface area (Å²) in [6.07, 6.45) is 2.05. The second-order valence-corrected chi connectivity index (χ2v) is 6.87. The van der Waals surface area contributed by atoms with Crippen molar-refractivity contribution in [3.63, 3.8) is 0 Å². The molecule has 0 bridgehead atoms. The Labute approximate surface area is 162 Å². The summed E-state index contributed by atoms with van der Waals surface area (Å²) in [6, 6.07) is 13.3. The summed E-state index contributed by atoms with van der Waals surface area (Å²) < 4.78 is 5.19. The molecule has 1 fully saturated rings. The monoisotopic (exact) mass is 378 g/mol. The number of aromatic nitrogens is 2. The molecule has 3 aromatic rings. The molecule has 7 nitrogen and oxygen atoms in total. The summed E-state index contributed by atoms with van der Waals surface area (Å²) in [5.74, 6) is 0.797. The van der Waals surface area contributed by atoms with Gasteiger partial charge in [0.25, 0.3) is 11.5 Å². The smallest absolute Gasteiger partial charge is 0.289 e. The molecule has 1 N–H and O–H groups in total. The summed E-state index contributed by atoms with van der Waals surface area (Å²) in [6.45, 7) is 4.18. The van der Waals surface area contributed by atoms with E-state index in [0.717, 1.165) is 11.3 Å². The highest BCUT2D eigenvalue weighted by molar-refractivity contribution is 5.91. The van der Waals surface area contributed by atoms with Crippen LogP contribution in [0.5, 0.6) is 0 Å². The SMILES string of the molecule is Cc1nc(N2CCN(C(=O)c3ccco3)CC2)[nH]c(=O)c1Cc1ccccc1. The first kappa shape index (κ1) is 18.0. The van der Waals surface area contributed by atoms with E-state index in [2.05, 4.69) is 9.97 Å². The number of aryl methyl sites for hydroxylation is 1. The number of hydrogen-bond donors (Lipinski definition) is 1. The van der Waals surface area contributed by atoms with Crippen molar-refractivity contribution in [1.82, 2.24) is 14.9 Å². The maximum absolute atomic E-state index is 12.6. The van der Waals surface area contributed by atoms with Crippen LogP contribution in [0.4, 0.5) is 5.95 Å². The molecule has 0 spiro atoms. The third-order valence-corrected chi connectivity index (χ3v) is 5.03. The molecular formula is C21H22N4O3. The number of rotatable bonds is 4. The number of anilines is 1. The highest BCUT2D eigenvalue weighted by Crippen LogP contribution is 2.15. The number of carbonyl (C=O) groups is 1. The van der Waals surface area contributed by atoms with Crippen LogP contribution in [0.1, 0.15) is 27.4 Å². The van der Waals surface area contributed by atoms with Gasteiger partial charge in [-0.15, -0.1) is 0 Å². The van der Waals surface area contributed by atoms with E-state index in [-0.39, 0.29) is 11.5 Å². The second kappa shape index (κ2) is 7.72. The van der Waals surface area contributed by atoms with Crippen LogP contribution in [0.2, 0.25) is 0 Å². The van der Waals surface area contributed by atoms with Crippen molar-refractivity contribution in [1.29, 1.82) is 0 Å². The van der Waals surface area contributed by atoms with Gasteiger partial charge in [0.05, 0.1) is 12.0 Å². The molecule has 0 unspecified atom stereocenters. The van der Waals surface area contributed by atoms with Crippen molar-refractivity contribution >= 4 is 11.9 Å². The molecule has 1 saturated heterocycles. The van der Waals surface area contributed by atoms with E-state index >= 15 is 0 Å². The minimum Gasteiger partial charge on any atom is -0.459 e. The van der Waals surface area contributed by atoms with E-state index in [1.807, 2.05) is 42.2 Å². The van der Waals surface area contributed by atoms with Crippen LogP contribution in [0, 0.1) is 6.92 Å². The lowest BCUT2D eigenvalue weighted by atomic mass is 10.1. The van der Waals surface area contributed by atoms with Crippen LogP contribution in [-0.4, -0.2) is 47.0 Å². The lowest BCUT2D eigenvalue weighted by Gasteiger charge is -2.34. The number of benzene rings is 1. The topological polar surface area (TPSA) is 82.4 Å². The van der Waals surface area contributed by atoms with Gasteiger partial charge in [-0.2, -0.15) is 0 Å². The van der Waals surface area contributed by atoms with Crippen LogP contribution < -0.4 is 10.5 Å². The van der Waals surface area contributed by atoms with Gasteiger partial charge in [-0.25, -0.2) is 4.98 Å². The Hall–Kier alpha value is -3.35. The molecule has 1 aromatic carbocycles. The van der Waals surface area contributed by atoms with Crippen molar-refractivity contribution in [3.05, 3.63) is 81.7 Å². The van der Waals surface area contributed by atoms with E-state index in [0.29, 0.717) is 49.9 Å². The molecule has 1 amide bonds. The van der Waals surface area contributed by atoms with Crippen molar-refractivity contribution < 1.29 is 9.21 Å². The number of piperazine rings is 1.